The number of benzene rings is 2. The molecule has 6 heteroatoms. The van der Waals surface area contributed by atoms with Crippen molar-refractivity contribution in [1.29, 1.82) is 0 Å². The fraction of sp³-hybridized carbons (Fsp3) is 0.417. The fourth-order valence-electron chi connectivity index (χ4n) is 6.81. The normalized spacial score (nSPS) is 20.8. The highest BCUT2D eigenvalue weighted by atomic mass is 127. The van der Waals surface area contributed by atoms with E-state index in [2.05, 4.69) is 112 Å². The van der Waals surface area contributed by atoms with Crippen LogP contribution in [-0.2, 0) is 10.8 Å². The van der Waals surface area contributed by atoms with Crippen molar-refractivity contribution in [2.75, 3.05) is 32.2 Å². The van der Waals surface area contributed by atoms with Crippen molar-refractivity contribution >= 4 is 28.7 Å². The molecule has 0 spiro atoms. The van der Waals surface area contributed by atoms with Gasteiger partial charge in [0, 0.05) is 46.1 Å². The Hall–Kier alpha value is -2.51. The molecule has 3 aliphatic rings. The monoisotopic (exact) mass is 698 g/mol. The first-order valence-corrected chi connectivity index (χ1v) is 15.2. The topological polar surface area (TPSA) is 24.7 Å². The lowest BCUT2D eigenvalue weighted by Gasteiger charge is -2.26. The summed E-state index contributed by atoms with van der Waals surface area (Å²) in [4.78, 5) is 2.41. The van der Waals surface area contributed by atoms with E-state index in [1.165, 1.54) is 45.1 Å². The first kappa shape index (κ1) is 32.4. The van der Waals surface area contributed by atoms with Gasteiger partial charge in [0.05, 0.1) is 19.6 Å². The van der Waals surface area contributed by atoms with E-state index in [4.69, 9.17) is 21.1 Å². The fourth-order valence-corrected chi connectivity index (χ4v) is 7.13. The van der Waals surface area contributed by atoms with Gasteiger partial charge in [-0.1, -0.05) is 37.6 Å². The molecule has 5 rings (SSSR count). The summed E-state index contributed by atoms with van der Waals surface area (Å²) in [6, 6.07) is 12.8. The number of hydrogen-bond donors (Lipinski definition) is 0. The lowest BCUT2D eigenvalue weighted by atomic mass is 9.81. The Morgan fingerprint density at radius 3 is 2.19 bits per heavy atom. The third kappa shape index (κ3) is 5.47. The van der Waals surface area contributed by atoms with Crippen LogP contribution in [0, 0.1) is 0 Å². The maximum atomic E-state index is 7.12. The summed E-state index contributed by atoms with van der Waals surface area (Å²) in [6.45, 7) is 15.4. The molecule has 4 nitrogen and oxygen atoms in total. The summed E-state index contributed by atoms with van der Waals surface area (Å²) in [6.07, 6.45) is 12.2. The number of anilines is 1. The van der Waals surface area contributed by atoms with E-state index in [0.29, 0.717) is 0 Å². The van der Waals surface area contributed by atoms with Crippen molar-refractivity contribution in [1.82, 2.24) is 0 Å². The van der Waals surface area contributed by atoms with Crippen LogP contribution in [0.15, 0.2) is 82.6 Å². The summed E-state index contributed by atoms with van der Waals surface area (Å²) in [7, 11) is 3.46. The van der Waals surface area contributed by atoms with E-state index in [9.17, 15) is 0 Å². The molecule has 2 aromatic rings. The molecule has 0 saturated heterocycles. The predicted molar refractivity (Wildman–Crippen MR) is 173 cm³/mol. The number of nitrogens with zero attached hydrogens (tertiary/aromatic N) is 2. The maximum absolute atomic E-state index is 7.12. The zero-order valence-corrected chi connectivity index (χ0v) is 29.2. The van der Waals surface area contributed by atoms with Crippen LogP contribution in [0.25, 0.3) is 0 Å². The molecule has 0 saturated carbocycles. The van der Waals surface area contributed by atoms with Gasteiger partial charge in [0.25, 0.3) is 0 Å². The highest BCUT2D eigenvalue weighted by Gasteiger charge is 2.44. The maximum Gasteiger partial charge on any atom is 0.210 e. The summed E-state index contributed by atoms with van der Waals surface area (Å²) in [5.74, 6) is 1.80. The van der Waals surface area contributed by atoms with Crippen molar-refractivity contribution in [2.45, 2.75) is 71.6 Å². The highest BCUT2D eigenvalue weighted by Crippen LogP contribution is 2.49. The molecule has 1 aliphatic carbocycles. The highest BCUT2D eigenvalue weighted by molar-refractivity contribution is 6.32. The minimum absolute atomic E-state index is 0. The van der Waals surface area contributed by atoms with Gasteiger partial charge in [-0.2, -0.15) is 4.58 Å². The number of fused-ring (bicyclic) bond motifs is 2. The number of halogens is 2. The third-order valence-corrected chi connectivity index (χ3v) is 9.66. The van der Waals surface area contributed by atoms with Gasteiger partial charge in [0.2, 0.25) is 5.69 Å². The zero-order chi connectivity index (χ0) is 29.5. The molecule has 0 bridgehead atoms. The van der Waals surface area contributed by atoms with Gasteiger partial charge in [0.15, 0.2) is 5.71 Å². The van der Waals surface area contributed by atoms with Crippen LogP contribution in [0.3, 0.4) is 0 Å². The Morgan fingerprint density at radius 1 is 0.881 bits per heavy atom. The second-order valence-corrected chi connectivity index (χ2v) is 12.5. The van der Waals surface area contributed by atoms with E-state index < -0.39 is 0 Å². The average Bonchev–Trinajstić information content (AvgIpc) is 3.32. The molecule has 224 valence electrons. The van der Waals surface area contributed by atoms with E-state index in [0.717, 1.165) is 48.9 Å². The Bertz CT molecular complexity index is 1530. The van der Waals surface area contributed by atoms with Gasteiger partial charge in [-0.3, -0.25) is 0 Å². The SMILES string of the molecule is CCN1/C(=C/C=C2\CCCC(/C=C/C3=[N+](CC)c4ccc(OC)cc4C3(C)C)=C2Cl)C(C)(C)c2cc(OC)ccc21.[I-]. The van der Waals surface area contributed by atoms with Gasteiger partial charge in [-0.25, -0.2) is 0 Å². The predicted octanol–water partition coefficient (Wildman–Crippen LogP) is 5.96. The summed E-state index contributed by atoms with van der Waals surface area (Å²) in [5, 5.41) is 0.890. The van der Waals surface area contributed by atoms with Gasteiger partial charge in [-0.05, 0) is 100 Å². The Labute approximate surface area is 274 Å². The molecule has 0 atom stereocenters. The minimum atomic E-state index is -0.128. The van der Waals surface area contributed by atoms with Crippen LogP contribution in [0.2, 0.25) is 0 Å². The van der Waals surface area contributed by atoms with Crippen molar-refractivity contribution < 1.29 is 38.0 Å². The number of methoxy groups -OCH3 is 2. The molecule has 2 aromatic carbocycles. The quantitative estimate of drug-likeness (QED) is 0.264. The van der Waals surface area contributed by atoms with Gasteiger partial charge >= 0.3 is 0 Å². The van der Waals surface area contributed by atoms with E-state index >= 15 is 0 Å². The summed E-state index contributed by atoms with van der Waals surface area (Å²) in [5.41, 5.74) is 9.85. The van der Waals surface area contributed by atoms with Crippen LogP contribution in [0.4, 0.5) is 11.4 Å². The zero-order valence-electron chi connectivity index (χ0n) is 26.3. The Kier molecular flexibility index (Phi) is 9.73. The second-order valence-electron chi connectivity index (χ2n) is 12.2. The number of allylic oxidation sites excluding steroid dienone is 8. The van der Waals surface area contributed by atoms with Crippen molar-refractivity contribution in [2.24, 2.45) is 0 Å². The van der Waals surface area contributed by atoms with Crippen molar-refractivity contribution in [3.05, 3.63) is 93.7 Å². The standard InChI is InChI=1S/C36H44ClN2O2.HI/c1-9-38-30-18-16-26(40-7)22-28(30)35(3,4)32(38)20-14-24-12-11-13-25(34(24)37)15-21-33-36(5,6)29-23-27(41-8)17-19-31(29)39(33)10-2;/h14-23H,9-13H2,1-8H3;1H/q+1;/p-1. The second kappa shape index (κ2) is 12.6. The van der Waals surface area contributed by atoms with E-state index in [-0.39, 0.29) is 34.8 Å². The largest absolute Gasteiger partial charge is 1.00 e. The number of rotatable bonds is 7. The van der Waals surface area contributed by atoms with Gasteiger partial charge in [-0.15, -0.1) is 0 Å². The molecule has 0 radical (unpaired) electrons. The molecule has 42 heavy (non-hydrogen) atoms. The van der Waals surface area contributed by atoms with Gasteiger partial charge < -0.3 is 38.4 Å². The molecular weight excluding hydrogens is 655 g/mol. The van der Waals surface area contributed by atoms with Crippen LogP contribution >= 0.6 is 11.6 Å². The number of hydrogen-bond acceptors (Lipinski definition) is 3. The summed E-state index contributed by atoms with van der Waals surface area (Å²) >= 11 is 7.12. The van der Waals surface area contributed by atoms with Crippen molar-refractivity contribution in [3.8, 4) is 11.5 Å². The van der Waals surface area contributed by atoms with Crippen molar-refractivity contribution in [3.63, 3.8) is 0 Å². The summed E-state index contributed by atoms with van der Waals surface area (Å²) < 4.78 is 13.5. The molecular formula is C36H44ClIN2O2. The molecule has 2 heterocycles. The van der Waals surface area contributed by atoms with E-state index in [1.54, 1.807) is 14.2 Å². The van der Waals surface area contributed by atoms with Crippen LogP contribution in [0.5, 0.6) is 11.5 Å². The number of likely N-dealkylation sites (N-methyl/N-ethyl adjacent to an activating group) is 1. The number of ether oxygens (including phenoxy) is 2. The Balaban J connectivity index is 0.00000405. The third-order valence-electron chi connectivity index (χ3n) is 9.17. The Morgan fingerprint density at radius 2 is 1.55 bits per heavy atom. The smallest absolute Gasteiger partial charge is 0.210 e. The molecule has 0 fully saturated rings. The first-order chi connectivity index (χ1) is 19.6. The average molecular weight is 699 g/mol. The molecule has 0 N–H and O–H groups in total. The molecule has 0 unspecified atom stereocenters. The van der Waals surface area contributed by atoms with E-state index in [1.807, 2.05) is 0 Å². The lowest BCUT2D eigenvalue weighted by molar-refractivity contribution is -0.433. The molecule has 0 aromatic heterocycles. The minimum Gasteiger partial charge on any atom is -1.00 e. The molecule has 0 amide bonds. The van der Waals surface area contributed by atoms with Crippen LogP contribution in [0.1, 0.15) is 71.9 Å². The first-order valence-electron chi connectivity index (χ1n) is 14.9. The lowest BCUT2D eigenvalue weighted by Crippen LogP contribution is -3.00. The van der Waals surface area contributed by atoms with Crippen LogP contribution in [-0.4, -0.2) is 37.6 Å². The van der Waals surface area contributed by atoms with Gasteiger partial charge in [0.1, 0.15) is 18.0 Å². The van der Waals surface area contributed by atoms with Crippen LogP contribution < -0.4 is 38.4 Å². The molecule has 2 aliphatic heterocycles.